The number of nitrogens with zero attached hydrogens (tertiary/aromatic N) is 1. The van der Waals surface area contributed by atoms with Gasteiger partial charge in [0.1, 0.15) is 5.56 Å². The summed E-state index contributed by atoms with van der Waals surface area (Å²) in [7, 11) is 1.21. The number of ether oxygens (including phenoxy) is 2. The van der Waals surface area contributed by atoms with Gasteiger partial charge in [-0.1, -0.05) is 0 Å². The molecule has 0 unspecified atom stereocenters. The van der Waals surface area contributed by atoms with E-state index in [1.54, 1.807) is 5.10 Å². The second-order valence-corrected chi connectivity index (χ2v) is 4.41. The molecule has 0 spiro atoms. The molecule has 0 aliphatic rings. The van der Waals surface area contributed by atoms with Gasteiger partial charge in [-0.25, -0.2) is 5.10 Å². The average molecular weight is 339 g/mol. The molecule has 1 aromatic rings. The number of aromatic amines is 1. The number of aliphatic hydroxyl groups is 1. The standard InChI is InChI=1S/C12H16F3N3O5/c1-22-9(20)2-3-23-6-7(5-19)17-8-4-16-18-11(21)10(8)12(13,14)15/h4,7,19H,2-3,5-6H2,1H3,(H2,17,18,21)/t7-/m0/s1. The number of methoxy groups -OCH3 is 1. The summed E-state index contributed by atoms with van der Waals surface area (Å²) in [6, 6.07) is -0.919. The summed E-state index contributed by atoms with van der Waals surface area (Å²) in [6.07, 6.45) is -4.12. The van der Waals surface area contributed by atoms with Crippen molar-refractivity contribution in [1.29, 1.82) is 0 Å². The van der Waals surface area contributed by atoms with Gasteiger partial charge in [0.05, 0.1) is 51.3 Å². The Morgan fingerprint density at radius 1 is 1.52 bits per heavy atom. The highest BCUT2D eigenvalue weighted by atomic mass is 19.4. The molecule has 0 aromatic carbocycles. The first-order chi connectivity index (χ1) is 10.8. The van der Waals surface area contributed by atoms with E-state index in [1.165, 1.54) is 7.11 Å². The van der Waals surface area contributed by atoms with Gasteiger partial charge in [-0.3, -0.25) is 9.59 Å². The molecule has 0 saturated carbocycles. The van der Waals surface area contributed by atoms with Crippen molar-refractivity contribution in [2.75, 3.05) is 32.2 Å². The molecule has 1 atom stereocenters. The smallest absolute Gasteiger partial charge is 0.423 e. The minimum absolute atomic E-state index is 0.0232. The molecule has 0 bridgehead atoms. The summed E-state index contributed by atoms with van der Waals surface area (Å²) in [5.41, 5.74) is -3.41. The van der Waals surface area contributed by atoms with Gasteiger partial charge in [-0.2, -0.15) is 18.3 Å². The van der Waals surface area contributed by atoms with Crippen LogP contribution >= 0.6 is 0 Å². The molecule has 0 radical (unpaired) electrons. The molecular formula is C12H16F3N3O5. The normalized spacial score (nSPS) is 12.7. The Balaban J connectivity index is 2.71. The van der Waals surface area contributed by atoms with Gasteiger partial charge < -0.3 is 19.9 Å². The third-order valence-corrected chi connectivity index (χ3v) is 2.72. The van der Waals surface area contributed by atoms with Gasteiger partial charge in [-0.05, 0) is 0 Å². The molecule has 130 valence electrons. The first kappa shape index (κ1) is 18.9. The molecule has 1 heterocycles. The van der Waals surface area contributed by atoms with E-state index in [0.717, 1.165) is 6.20 Å². The summed E-state index contributed by atoms with van der Waals surface area (Å²) in [4.78, 5) is 22.2. The molecule has 0 aliphatic carbocycles. The number of carbonyl (C=O) groups excluding carboxylic acids is 1. The Morgan fingerprint density at radius 3 is 2.78 bits per heavy atom. The molecule has 1 rings (SSSR count). The van der Waals surface area contributed by atoms with Crippen LogP contribution in [0.1, 0.15) is 12.0 Å². The van der Waals surface area contributed by atoms with E-state index in [9.17, 15) is 27.9 Å². The van der Waals surface area contributed by atoms with Crippen LogP contribution in [0.4, 0.5) is 18.9 Å². The molecule has 8 nitrogen and oxygen atoms in total. The minimum atomic E-state index is -4.88. The number of rotatable bonds is 8. The van der Waals surface area contributed by atoms with Crippen molar-refractivity contribution in [3.8, 4) is 0 Å². The number of carbonyl (C=O) groups is 1. The van der Waals surface area contributed by atoms with Gasteiger partial charge in [0.2, 0.25) is 0 Å². The molecular weight excluding hydrogens is 323 g/mol. The van der Waals surface area contributed by atoms with Crippen molar-refractivity contribution >= 4 is 11.7 Å². The van der Waals surface area contributed by atoms with E-state index in [4.69, 9.17) is 4.74 Å². The number of hydrogen-bond donors (Lipinski definition) is 3. The Bertz CT molecular complexity index is 576. The summed E-state index contributed by atoms with van der Waals surface area (Å²) in [6.45, 7) is -0.759. The van der Waals surface area contributed by atoms with Crippen LogP contribution in [-0.2, 0) is 20.4 Å². The number of aromatic nitrogens is 2. The Hall–Kier alpha value is -2.14. The third kappa shape index (κ3) is 5.87. The maximum Gasteiger partial charge on any atom is 0.423 e. The van der Waals surface area contributed by atoms with Crippen molar-refractivity contribution in [2.45, 2.75) is 18.6 Å². The zero-order valence-corrected chi connectivity index (χ0v) is 12.1. The zero-order chi connectivity index (χ0) is 17.5. The highest BCUT2D eigenvalue weighted by molar-refractivity contribution is 5.69. The van der Waals surface area contributed by atoms with Crippen LogP contribution in [-0.4, -0.2) is 54.2 Å². The van der Waals surface area contributed by atoms with Crippen LogP contribution in [0.2, 0.25) is 0 Å². The lowest BCUT2D eigenvalue weighted by Gasteiger charge is -2.19. The van der Waals surface area contributed by atoms with Gasteiger partial charge in [0.15, 0.2) is 0 Å². The first-order valence-corrected chi connectivity index (χ1v) is 6.46. The number of alkyl halides is 3. The van der Waals surface area contributed by atoms with Crippen LogP contribution in [0.5, 0.6) is 0 Å². The number of aliphatic hydroxyl groups excluding tert-OH is 1. The van der Waals surface area contributed by atoms with E-state index < -0.39 is 41.6 Å². The van der Waals surface area contributed by atoms with Crippen molar-refractivity contribution in [3.05, 3.63) is 22.1 Å². The predicted octanol–water partition coefficient (Wildman–Crippen LogP) is 0.141. The van der Waals surface area contributed by atoms with Crippen LogP contribution in [0.3, 0.4) is 0 Å². The SMILES string of the molecule is COC(=O)CCOC[C@H](CO)Nc1cn[nH]c(=O)c1C(F)(F)F. The predicted molar refractivity (Wildman–Crippen MR) is 71.8 cm³/mol. The van der Waals surface area contributed by atoms with Gasteiger partial charge >= 0.3 is 12.1 Å². The molecule has 11 heteroatoms. The average Bonchev–Trinajstić information content (AvgIpc) is 2.48. The Labute approximate surface area is 128 Å². The van der Waals surface area contributed by atoms with Crippen molar-refractivity contribution in [2.24, 2.45) is 0 Å². The molecule has 3 N–H and O–H groups in total. The highest BCUT2D eigenvalue weighted by Gasteiger charge is 2.37. The molecule has 0 saturated heterocycles. The van der Waals surface area contributed by atoms with Gasteiger partial charge in [0.25, 0.3) is 5.56 Å². The lowest BCUT2D eigenvalue weighted by molar-refractivity contribution is -0.142. The molecule has 23 heavy (non-hydrogen) atoms. The lowest BCUT2D eigenvalue weighted by Crippen LogP contribution is -2.33. The maximum absolute atomic E-state index is 12.9. The number of H-pyrrole nitrogens is 1. The number of nitrogens with one attached hydrogen (secondary N) is 2. The highest BCUT2D eigenvalue weighted by Crippen LogP contribution is 2.31. The van der Waals surface area contributed by atoms with E-state index in [2.05, 4.69) is 15.2 Å². The van der Waals surface area contributed by atoms with Crippen molar-refractivity contribution in [3.63, 3.8) is 0 Å². The second-order valence-electron chi connectivity index (χ2n) is 4.41. The molecule has 0 fully saturated rings. The van der Waals surface area contributed by atoms with E-state index in [-0.39, 0.29) is 19.6 Å². The summed E-state index contributed by atoms with van der Waals surface area (Å²) in [5, 5.41) is 16.5. The third-order valence-electron chi connectivity index (χ3n) is 2.72. The van der Waals surface area contributed by atoms with Crippen LogP contribution in [0.25, 0.3) is 0 Å². The maximum atomic E-state index is 12.9. The van der Waals surface area contributed by atoms with Gasteiger partial charge in [0, 0.05) is 0 Å². The quantitative estimate of drug-likeness (QED) is 0.456. The number of anilines is 1. The topological polar surface area (TPSA) is 114 Å². The molecule has 0 amide bonds. The van der Waals surface area contributed by atoms with Crippen LogP contribution in [0, 0.1) is 0 Å². The Morgan fingerprint density at radius 2 is 2.22 bits per heavy atom. The molecule has 1 aromatic heterocycles. The Kier molecular flexibility index (Phi) is 6.97. The van der Waals surface area contributed by atoms with E-state index in [0.29, 0.717) is 0 Å². The largest absolute Gasteiger partial charge is 0.469 e. The summed E-state index contributed by atoms with van der Waals surface area (Å²) < 4.78 is 48.1. The fourth-order valence-electron chi connectivity index (χ4n) is 1.63. The number of esters is 1. The minimum Gasteiger partial charge on any atom is -0.469 e. The molecule has 0 aliphatic heterocycles. The van der Waals surface area contributed by atoms with Crippen LogP contribution < -0.4 is 10.9 Å². The number of halogens is 3. The number of hydrogen-bond acceptors (Lipinski definition) is 7. The fraction of sp³-hybridized carbons (Fsp3) is 0.583. The van der Waals surface area contributed by atoms with Crippen molar-refractivity contribution in [1.82, 2.24) is 10.2 Å². The monoisotopic (exact) mass is 339 g/mol. The van der Waals surface area contributed by atoms with Crippen molar-refractivity contribution < 1.29 is 32.5 Å². The van der Waals surface area contributed by atoms with Gasteiger partial charge in [-0.15, -0.1) is 0 Å². The van der Waals surface area contributed by atoms with E-state index in [1.807, 2.05) is 0 Å². The van der Waals surface area contributed by atoms with Crippen LogP contribution in [0.15, 0.2) is 11.0 Å². The van der Waals surface area contributed by atoms with E-state index >= 15 is 0 Å². The first-order valence-electron chi connectivity index (χ1n) is 6.46. The summed E-state index contributed by atoms with van der Waals surface area (Å²) >= 11 is 0. The summed E-state index contributed by atoms with van der Waals surface area (Å²) in [5.74, 6) is -0.503. The second kappa shape index (κ2) is 8.48. The fourth-order valence-corrected chi connectivity index (χ4v) is 1.63. The zero-order valence-electron chi connectivity index (χ0n) is 12.1. The lowest BCUT2D eigenvalue weighted by atomic mass is 10.2.